The second-order valence-corrected chi connectivity index (χ2v) is 3.96. The lowest BCUT2D eigenvalue weighted by Gasteiger charge is -2.21. The largest absolute Gasteiger partial charge is 0.481 e. The number of aliphatic imine (C=N–C) groups is 1. The number of nitrogens with zero attached hydrogens (tertiary/aromatic N) is 1. The fraction of sp³-hybridized carbons (Fsp3) is 0.417. The van der Waals surface area contributed by atoms with Crippen molar-refractivity contribution in [1.82, 2.24) is 5.32 Å². The third-order valence-corrected chi connectivity index (χ3v) is 2.59. The molecule has 0 aromatic heterocycles. The first-order valence-electron chi connectivity index (χ1n) is 5.61. The number of benzene rings is 1. The van der Waals surface area contributed by atoms with E-state index in [1.807, 2.05) is 25.1 Å². The summed E-state index contributed by atoms with van der Waals surface area (Å²) in [6.07, 6.45) is -0.182. The van der Waals surface area contributed by atoms with Crippen LogP contribution in [0.2, 0.25) is 0 Å². The van der Waals surface area contributed by atoms with Crippen LogP contribution in [0.5, 0.6) is 5.75 Å². The van der Waals surface area contributed by atoms with Crippen molar-refractivity contribution >= 4 is 36.3 Å². The normalized spacial score (nSPS) is 16.3. The Bertz CT molecular complexity index is 443. The third-order valence-electron chi connectivity index (χ3n) is 2.59. The van der Waals surface area contributed by atoms with E-state index in [0.717, 1.165) is 17.0 Å². The Kier molecular flexibility index (Phi) is 7.75. The fourth-order valence-electron chi connectivity index (χ4n) is 1.64. The third kappa shape index (κ3) is 4.53. The quantitative estimate of drug-likeness (QED) is 0.839. The van der Waals surface area contributed by atoms with Crippen molar-refractivity contribution in [3.05, 3.63) is 23.8 Å². The molecule has 1 aromatic carbocycles. The summed E-state index contributed by atoms with van der Waals surface area (Å²) < 4.78 is 17.5. The maximum Gasteiger partial charge on any atom is 0.153 e. The van der Waals surface area contributed by atoms with Gasteiger partial charge in [0.25, 0.3) is 0 Å². The van der Waals surface area contributed by atoms with E-state index in [9.17, 15) is 4.39 Å². The van der Waals surface area contributed by atoms with Crippen molar-refractivity contribution < 1.29 is 9.13 Å². The first kappa shape index (κ1) is 18.0. The van der Waals surface area contributed by atoms with Crippen molar-refractivity contribution in [3.8, 4) is 5.75 Å². The van der Waals surface area contributed by atoms with E-state index in [1.165, 1.54) is 0 Å². The van der Waals surface area contributed by atoms with Gasteiger partial charge in [-0.05, 0) is 24.6 Å². The molecule has 2 rings (SSSR count). The number of hydrogen-bond acceptors (Lipinski definition) is 4. The summed E-state index contributed by atoms with van der Waals surface area (Å²) >= 11 is 0. The Balaban J connectivity index is 0.00000162. The van der Waals surface area contributed by atoms with Crippen LogP contribution in [-0.4, -0.2) is 25.2 Å². The maximum absolute atomic E-state index is 11.9. The zero-order chi connectivity index (χ0) is 12.3. The van der Waals surface area contributed by atoms with Crippen molar-refractivity contribution in [1.29, 1.82) is 0 Å². The van der Waals surface area contributed by atoms with Crippen molar-refractivity contribution in [2.75, 3.05) is 13.2 Å². The Hall–Kier alpha value is -1.04. The molecule has 1 heterocycles. The second-order valence-electron chi connectivity index (χ2n) is 3.96. The fourth-order valence-corrected chi connectivity index (χ4v) is 1.64. The van der Waals surface area contributed by atoms with Gasteiger partial charge in [0.1, 0.15) is 23.9 Å². The highest BCUT2D eigenvalue weighted by Gasteiger charge is 2.17. The lowest BCUT2D eigenvalue weighted by molar-refractivity contribution is 0.281. The standard InChI is InChI=1S/C12H16FN3O.2ClH/c1-8-12(14)16-10-6-9(7-15-5-4-13)2-3-11(10)17-8;;/h2-3,6,8,15H,4-5,7H2,1H3,(H2,14,16);2*1H/t8-;;/m1../s1. The number of alkyl halides is 1. The topological polar surface area (TPSA) is 59.6 Å². The molecule has 108 valence electrons. The number of fused-ring (bicyclic) bond motifs is 1. The number of ether oxygens (including phenoxy) is 1. The van der Waals surface area contributed by atoms with Crippen molar-refractivity contribution in [2.24, 2.45) is 10.7 Å². The summed E-state index contributed by atoms with van der Waals surface area (Å²) in [5.74, 6) is 1.22. The minimum absolute atomic E-state index is 0. The Labute approximate surface area is 124 Å². The molecule has 3 N–H and O–H groups in total. The van der Waals surface area contributed by atoms with Gasteiger partial charge in [-0.1, -0.05) is 6.07 Å². The maximum atomic E-state index is 11.9. The molecule has 0 radical (unpaired) electrons. The van der Waals surface area contributed by atoms with Crippen LogP contribution in [0.3, 0.4) is 0 Å². The molecule has 0 fully saturated rings. The number of halogens is 3. The van der Waals surface area contributed by atoms with Gasteiger partial charge in [0.2, 0.25) is 0 Å². The van der Waals surface area contributed by atoms with Gasteiger partial charge >= 0.3 is 0 Å². The highest BCUT2D eigenvalue weighted by Crippen LogP contribution is 2.32. The zero-order valence-corrected chi connectivity index (χ0v) is 12.2. The van der Waals surface area contributed by atoms with E-state index in [2.05, 4.69) is 10.3 Å². The number of rotatable bonds is 4. The molecule has 0 aliphatic carbocycles. The van der Waals surface area contributed by atoms with Crippen LogP contribution in [0, 0.1) is 0 Å². The summed E-state index contributed by atoms with van der Waals surface area (Å²) in [5.41, 5.74) is 7.50. The zero-order valence-electron chi connectivity index (χ0n) is 10.6. The predicted molar refractivity (Wildman–Crippen MR) is 80.0 cm³/mol. The monoisotopic (exact) mass is 309 g/mol. The van der Waals surface area contributed by atoms with Crippen LogP contribution in [0.1, 0.15) is 12.5 Å². The van der Waals surface area contributed by atoms with Gasteiger partial charge in [0.15, 0.2) is 6.10 Å². The molecule has 1 atom stereocenters. The molecular formula is C12H18Cl2FN3O. The summed E-state index contributed by atoms with van der Waals surface area (Å²) in [6, 6.07) is 5.71. The average molecular weight is 310 g/mol. The molecule has 1 aliphatic rings. The molecular weight excluding hydrogens is 292 g/mol. The molecule has 0 bridgehead atoms. The van der Waals surface area contributed by atoms with Gasteiger partial charge < -0.3 is 15.8 Å². The van der Waals surface area contributed by atoms with Crippen LogP contribution in [0.25, 0.3) is 0 Å². The van der Waals surface area contributed by atoms with Crippen LogP contribution in [0.15, 0.2) is 23.2 Å². The van der Waals surface area contributed by atoms with Crippen LogP contribution in [-0.2, 0) is 6.54 Å². The van der Waals surface area contributed by atoms with Crippen molar-refractivity contribution in [3.63, 3.8) is 0 Å². The van der Waals surface area contributed by atoms with E-state index in [4.69, 9.17) is 10.5 Å². The second kappa shape index (κ2) is 8.19. The SMILES string of the molecule is C[C@H]1Oc2ccc(CNCCF)cc2N=C1N.Cl.Cl. The lowest BCUT2D eigenvalue weighted by Crippen LogP contribution is -2.33. The Morgan fingerprint density at radius 2 is 2.16 bits per heavy atom. The van der Waals surface area contributed by atoms with Crippen LogP contribution in [0.4, 0.5) is 10.1 Å². The number of hydrogen-bond donors (Lipinski definition) is 2. The molecule has 1 aromatic rings. The highest BCUT2D eigenvalue weighted by molar-refractivity contribution is 5.89. The minimum atomic E-state index is -0.364. The van der Waals surface area contributed by atoms with Crippen molar-refractivity contribution in [2.45, 2.75) is 19.6 Å². The molecule has 19 heavy (non-hydrogen) atoms. The molecule has 0 saturated carbocycles. The van der Waals surface area contributed by atoms with E-state index in [0.29, 0.717) is 18.9 Å². The van der Waals surface area contributed by atoms with Gasteiger partial charge in [-0.2, -0.15) is 0 Å². The predicted octanol–water partition coefficient (Wildman–Crippen LogP) is 2.36. The van der Waals surface area contributed by atoms with Gasteiger partial charge in [-0.3, -0.25) is 0 Å². The first-order chi connectivity index (χ1) is 8.20. The number of nitrogens with one attached hydrogen (secondary N) is 1. The molecule has 7 heteroatoms. The van der Waals surface area contributed by atoms with E-state index in [-0.39, 0.29) is 37.6 Å². The molecule has 0 saturated heterocycles. The number of nitrogens with two attached hydrogens (primary N) is 1. The summed E-state index contributed by atoms with van der Waals surface area (Å²) in [4.78, 5) is 4.28. The van der Waals surface area contributed by atoms with Crippen LogP contribution >= 0.6 is 24.8 Å². The van der Waals surface area contributed by atoms with Crippen LogP contribution < -0.4 is 15.8 Å². The Morgan fingerprint density at radius 1 is 1.42 bits per heavy atom. The molecule has 0 spiro atoms. The molecule has 0 amide bonds. The highest BCUT2D eigenvalue weighted by atomic mass is 35.5. The molecule has 1 aliphatic heterocycles. The summed E-state index contributed by atoms with van der Waals surface area (Å²) in [6.45, 7) is 2.47. The minimum Gasteiger partial charge on any atom is -0.481 e. The molecule has 4 nitrogen and oxygen atoms in total. The van der Waals surface area contributed by atoms with Gasteiger partial charge in [0, 0.05) is 13.1 Å². The van der Waals surface area contributed by atoms with E-state index in [1.54, 1.807) is 0 Å². The Morgan fingerprint density at radius 3 is 2.84 bits per heavy atom. The van der Waals surface area contributed by atoms with Gasteiger partial charge in [-0.25, -0.2) is 9.38 Å². The summed E-state index contributed by atoms with van der Waals surface area (Å²) in [5, 5.41) is 2.98. The average Bonchev–Trinajstić information content (AvgIpc) is 2.31. The van der Waals surface area contributed by atoms with E-state index < -0.39 is 0 Å². The smallest absolute Gasteiger partial charge is 0.153 e. The van der Waals surface area contributed by atoms with Gasteiger partial charge in [0.05, 0.1) is 0 Å². The molecule has 0 unspecified atom stereocenters. The summed E-state index contributed by atoms with van der Waals surface area (Å²) in [7, 11) is 0. The first-order valence-corrected chi connectivity index (χ1v) is 5.61. The van der Waals surface area contributed by atoms with Gasteiger partial charge in [-0.15, -0.1) is 24.8 Å². The number of amidine groups is 1. The van der Waals surface area contributed by atoms with E-state index >= 15 is 0 Å². The lowest BCUT2D eigenvalue weighted by atomic mass is 10.1.